The van der Waals surface area contributed by atoms with Crippen LogP contribution in [0, 0.1) is 29.1 Å². The van der Waals surface area contributed by atoms with Crippen molar-refractivity contribution < 1.29 is 32.5 Å². The number of hydrogen-bond donors (Lipinski definition) is 1. The average Bonchev–Trinajstić information content (AvgIpc) is 2.99. The van der Waals surface area contributed by atoms with Gasteiger partial charge in [-0.3, -0.25) is 4.79 Å². The molecule has 5 atom stereocenters. The van der Waals surface area contributed by atoms with Crippen LogP contribution in [0.4, 0.5) is 13.2 Å². The molecule has 1 aromatic rings. The summed E-state index contributed by atoms with van der Waals surface area (Å²) in [6.07, 6.45) is -0.0643. The summed E-state index contributed by atoms with van der Waals surface area (Å²) in [5.74, 6) is 4.35. The van der Waals surface area contributed by atoms with Crippen LogP contribution >= 0.6 is 0 Å². The minimum absolute atomic E-state index is 0.0109. The summed E-state index contributed by atoms with van der Waals surface area (Å²) in [6.45, 7) is 1.90. The Morgan fingerprint density at radius 3 is 2.63 bits per heavy atom. The molecule has 0 amide bonds. The van der Waals surface area contributed by atoms with Crippen LogP contribution in [-0.2, 0) is 9.53 Å². The second-order valence-corrected chi connectivity index (χ2v) is 10.4. The summed E-state index contributed by atoms with van der Waals surface area (Å²) in [5.41, 5.74) is 1.45. The van der Waals surface area contributed by atoms with Gasteiger partial charge in [0.2, 0.25) is 0 Å². The first-order valence-corrected chi connectivity index (χ1v) is 12.1. The number of ketones is 1. The molecule has 0 bridgehead atoms. The van der Waals surface area contributed by atoms with E-state index < -0.39 is 23.3 Å². The van der Waals surface area contributed by atoms with E-state index in [4.69, 9.17) is 9.47 Å². The first kappa shape index (κ1) is 24.1. The molecule has 1 N–H and O–H groups in total. The zero-order valence-electron chi connectivity index (χ0n) is 19.9. The Labute approximate surface area is 203 Å². The standard InChI is InChI=1S/C28H29F3O4/c1-26-16-35-25(17-3-7-20(34-2)8-4-17)24-21-10-6-19(32)15-18(21)5-9-22(24)23(26)11-12-27(26,33)13-14-28(29,30)31/h3-5,7-8,22-23,25,33H,6,9-12,15-16H2,1-2H3/t22?,23?,25-,26+,27-/m1/s1. The third kappa shape index (κ3) is 4.11. The zero-order valence-corrected chi connectivity index (χ0v) is 19.9. The predicted octanol–water partition coefficient (Wildman–Crippen LogP) is 5.48. The van der Waals surface area contributed by atoms with E-state index in [0.29, 0.717) is 37.9 Å². The molecule has 3 aliphatic carbocycles. The minimum atomic E-state index is -4.67. The van der Waals surface area contributed by atoms with E-state index in [0.717, 1.165) is 22.3 Å². The van der Waals surface area contributed by atoms with Crippen LogP contribution in [0.5, 0.6) is 5.75 Å². The number of carbonyl (C=O) groups excluding carboxylic acids is 1. The van der Waals surface area contributed by atoms with Crippen LogP contribution in [0.3, 0.4) is 0 Å². The average molecular weight is 487 g/mol. The number of allylic oxidation sites excluding steroid dienone is 3. The molecule has 186 valence electrons. The maximum Gasteiger partial charge on any atom is 0.457 e. The fourth-order valence-electron chi connectivity index (χ4n) is 6.64. The second-order valence-electron chi connectivity index (χ2n) is 10.4. The SMILES string of the molecule is COc1ccc([C@H]2OC[C@@]3(C)C(CC[C@@]3(O)C#CC(F)(F)F)C3CC=C4CC(=O)CCC4=C32)cc1. The molecule has 1 saturated heterocycles. The van der Waals surface area contributed by atoms with E-state index in [1.54, 1.807) is 7.11 Å². The van der Waals surface area contributed by atoms with Crippen molar-refractivity contribution in [2.24, 2.45) is 17.3 Å². The van der Waals surface area contributed by atoms with Crippen LogP contribution in [0.2, 0.25) is 0 Å². The molecule has 1 aliphatic heterocycles. The summed E-state index contributed by atoms with van der Waals surface area (Å²) < 4.78 is 50.7. The number of fused-ring (bicyclic) bond motifs is 4. The highest BCUT2D eigenvalue weighted by Gasteiger charge is 2.61. The fraction of sp³-hybridized carbons (Fsp3) is 0.536. The van der Waals surface area contributed by atoms with Gasteiger partial charge in [-0.25, -0.2) is 0 Å². The molecule has 2 unspecified atom stereocenters. The van der Waals surface area contributed by atoms with Gasteiger partial charge in [0.15, 0.2) is 0 Å². The van der Waals surface area contributed by atoms with Gasteiger partial charge in [0.25, 0.3) is 0 Å². The van der Waals surface area contributed by atoms with E-state index in [-0.39, 0.29) is 30.6 Å². The van der Waals surface area contributed by atoms with Crippen molar-refractivity contribution >= 4 is 5.78 Å². The van der Waals surface area contributed by atoms with Crippen LogP contribution < -0.4 is 4.74 Å². The lowest BCUT2D eigenvalue weighted by molar-refractivity contribution is -0.118. The molecule has 35 heavy (non-hydrogen) atoms. The molecule has 5 rings (SSSR count). The van der Waals surface area contributed by atoms with Crippen LogP contribution in [0.1, 0.15) is 57.1 Å². The second kappa shape index (κ2) is 8.53. The molecule has 7 heteroatoms. The number of carbonyl (C=O) groups is 1. The van der Waals surface area contributed by atoms with Crippen LogP contribution in [0.25, 0.3) is 0 Å². The Morgan fingerprint density at radius 1 is 1.20 bits per heavy atom. The molecular weight excluding hydrogens is 457 g/mol. The van der Waals surface area contributed by atoms with Gasteiger partial charge < -0.3 is 14.6 Å². The molecule has 0 aromatic heterocycles. The van der Waals surface area contributed by atoms with Crippen molar-refractivity contribution in [1.29, 1.82) is 0 Å². The van der Waals surface area contributed by atoms with E-state index in [9.17, 15) is 23.1 Å². The number of hydrogen-bond acceptors (Lipinski definition) is 4. The molecule has 4 aliphatic rings. The Bertz CT molecular complexity index is 1150. The third-order valence-electron chi connectivity index (χ3n) is 8.52. The van der Waals surface area contributed by atoms with E-state index in [2.05, 4.69) is 12.0 Å². The number of ether oxygens (including phenoxy) is 2. The highest BCUT2D eigenvalue weighted by atomic mass is 19.4. The number of Topliss-reactive ketones (excluding diaryl/α,β-unsaturated/α-hetero) is 1. The summed E-state index contributed by atoms with van der Waals surface area (Å²) in [7, 11) is 1.60. The largest absolute Gasteiger partial charge is 0.497 e. The number of aliphatic hydroxyl groups is 1. The number of benzene rings is 1. The van der Waals surface area contributed by atoms with Gasteiger partial charge in [-0.1, -0.05) is 31.1 Å². The smallest absolute Gasteiger partial charge is 0.457 e. The number of alkyl halides is 3. The first-order valence-electron chi connectivity index (χ1n) is 12.1. The third-order valence-corrected chi connectivity index (χ3v) is 8.52. The molecule has 0 radical (unpaired) electrons. The van der Waals surface area contributed by atoms with Gasteiger partial charge in [0.1, 0.15) is 23.2 Å². The van der Waals surface area contributed by atoms with Crippen LogP contribution in [-0.4, -0.2) is 36.4 Å². The van der Waals surface area contributed by atoms with Gasteiger partial charge in [-0.05, 0) is 71.9 Å². The quantitative estimate of drug-likeness (QED) is 0.563. The normalized spacial score (nSPS) is 34.6. The van der Waals surface area contributed by atoms with Gasteiger partial charge in [0.05, 0.1) is 13.7 Å². The maximum atomic E-state index is 13.0. The molecule has 1 heterocycles. The topological polar surface area (TPSA) is 55.8 Å². The van der Waals surface area contributed by atoms with Gasteiger partial charge >= 0.3 is 6.18 Å². The Balaban J connectivity index is 1.62. The minimum Gasteiger partial charge on any atom is -0.497 e. The van der Waals surface area contributed by atoms with E-state index >= 15 is 0 Å². The lowest BCUT2D eigenvalue weighted by atomic mass is 9.62. The lowest BCUT2D eigenvalue weighted by Crippen LogP contribution is -2.48. The van der Waals surface area contributed by atoms with Crippen molar-refractivity contribution in [3.63, 3.8) is 0 Å². The van der Waals surface area contributed by atoms with Crippen molar-refractivity contribution in [3.8, 4) is 17.6 Å². The number of halogens is 3. The highest BCUT2D eigenvalue weighted by molar-refractivity contribution is 5.84. The van der Waals surface area contributed by atoms with E-state index in [1.165, 1.54) is 5.92 Å². The molecule has 2 saturated carbocycles. The molecule has 3 fully saturated rings. The predicted molar refractivity (Wildman–Crippen MR) is 123 cm³/mol. The van der Waals surface area contributed by atoms with Gasteiger partial charge in [0, 0.05) is 24.2 Å². The Kier molecular flexibility index (Phi) is 5.89. The number of rotatable bonds is 2. The molecule has 0 spiro atoms. The van der Waals surface area contributed by atoms with Gasteiger partial charge in [-0.2, -0.15) is 13.2 Å². The van der Waals surface area contributed by atoms with Crippen molar-refractivity contribution in [2.45, 2.75) is 63.3 Å². The fourth-order valence-corrected chi connectivity index (χ4v) is 6.64. The highest BCUT2D eigenvalue weighted by Crippen LogP contribution is 2.61. The van der Waals surface area contributed by atoms with Crippen molar-refractivity contribution in [1.82, 2.24) is 0 Å². The van der Waals surface area contributed by atoms with Crippen molar-refractivity contribution in [3.05, 3.63) is 52.6 Å². The molecule has 4 nitrogen and oxygen atoms in total. The zero-order chi connectivity index (χ0) is 25.0. The summed E-state index contributed by atoms with van der Waals surface area (Å²) in [6, 6.07) is 7.61. The number of methoxy groups -OCH3 is 1. The monoisotopic (exact) mass is 486 g/mol. The van der Waals surface area contributed by atoms with E-state index in [1.807, 2.05) is 31.2 Å². The molecular formula is C28H29F3O4. The summed E-state index contributed by atoms with van der Waals surface area (Å²) in [4.78, 5) is 12.2. The Morgan fingerprint density at radius 2 is 1.94 bits per heavy atom. The van der Waals surface area contributed by atoms with Gasteiger partial charge in [-0.15, -0.1) is 0 Å². The lowest BCUT2D eigenvalue weighted by Gasteiger charge is -2.42. The maximum absolute atomic E-state index is 13.0. The Hall–Kier alpha value is -2.56. The van der Waals surface area contributed by atoms with Crippen LogP contribution in [0.15, 0.2) is 47.1 Å². The summed E-state index contributed by atoms with van der Waals surface area (Å²) in [5, 5.41) is 11.5. The summed E-state index contributed by atoms with van der Waals surface area (Å²) >= 11 is 0. The van der Waals surface area contributed by atoms with Crippen molar-refractivity contribution in [2.75, 3.05) is 13.7 Å². The molecule has 1 aromatic carbocycles. The first-order chi connectivity index (χ1) is 16.5.